The second-order valence-electron chi connectivity index (χ2n) is 5.33. The first-order valence-corrected chi connectivity index (χ1v) is 8.20. The van der Waals surface area contributed by atoms with Gasteiger partial charge in [-0.1, -0.05) is 24.2 Å². The van der Waals surface area contributed by atoms with Crippen LogP contribution in [0.2, 0.25) is 0 Å². The normalized spacial score (nSPS) is 15.8. The molecule has 0 bridgehead atoms. The van der Waals surface area contributed by atoms with Gasteiger partial charge in [-0.05, 0) is 12.8 Å². The van der Waals surface area contributed by atoms with Crippen LogP contribution in [0.15, 0.2) is 0 Å². The van der Waals surface area contributed by atoms with Gasteiger partial charge in [0.25, 0.3) is 5.91 Å². The van der Waals surface area contributed by atoms with Crippen LogP contribution in [-0.4, -0.2) is 56.2 Å². The van der Waals surface area contributed by atoms with Crippen LogP contribution in [0.3, 0.4) is 0 Å². The van der Waals surface area contributed by atoms with Crippen LogP contribution in [0, 0.1) is 0 Å². The Balaban J connectivity index is 2.08. The van der Waals surface area contributed by atoms with Crippen LogP contribution < -0.4 is 10.6 Å². The number of ether oxygens (including phenoxy) is 1. The number of amides is 1. The largest absolute Gasteiger partial charge is 0.383 e. The Morgan fingerprint density at radius 1 is 1.38 bits per heavy atom. The number of nitrogens with two attached hydrogens (primary N) is 1. The summed E-state index contributed by atoms with van der Waals surface area (Å²) in [7, 11) is 3.38. The summed E-state index contributed by atoms with van der Waals surface area (Å²) in [5.41, 5.74) is 5.95. The highest BCUT2D eigenvalue weighted by Gasteiger charge is 2.22. The average Bonchev–Trinajstić information content (AvgIpc) is 2.70. The molecule has 118 valence electrons. The molecule has 0 aromatic carbocycles. The topological polar surface area (TPSA) is 71.7 Å². The van der Waals surface area contributed by atoms with Crippen LogP contribution in [0.4, 0.5) is 10.9 Å². The van der Waals surface area contributed by atoms with Crippen molar-refractivity contribution in [1.82, 2.24) is 9.88 Å². The van der Waals surface area contributed by atoms with Crippen molar-refractivity contribution in [3.63, 3.8) is 0 Å². The lowest BCUT2D eigenvalue weighted by Crippen LogP contribution is -2.29. The van der Waals surface area contributed by atoms with E-state index in [0.29, 0.717) is 23.8 Å². The van der Waals surface area contributed by atoms with Crippen LogP contribution in [0.5, 0.6) is 0 Å². The van der Waals surface area contributed by atoms with Crippen molar-refractivity contribution >= 4 is 28.2 Å². The van der Waals surface area contributed by atoms with E-state index in [1.54, 1.807) is 19.1 Å². The van der Waals surface area contributed by atoms with E-state index in [1.165, 1.54) is 37.0 Å². The number of methoxy groups -OCH3 is 1. The van der Waals surface area contributed by atoms with Crippen LogP contribution in [0.25, 0.3) is 0 Å². The summed E-state index contributed by atoms with van der Waals surface area (Å²) in [5.74, 6) is 0.261. The number of rotatable bonds is 5. The highest BCUT2D eigenvalue weighted by Crippen LogP contribution is 2.30. The Labute approximate surface area is 129 Å². The third kappa shape index (κ3) is 4.07. The molecule has 0 saturated carbocycles. The molecule has 21 heavy (non-hydrogen) atoms. The fourth-order valence-electron chi connectivity index (χ4n) is 2.37. The molecule has 2 heterocycles. The van der Waals surface area contributed by atoms with Crippen molar-refractivity contribution in [2.24, 2.45) is 0 Å². The average molecular weight is 312 g/mol. The van der Waals surface area contributed by atoms with E-state index in [2.05, 4.69) is 9.88 Å². The Morgan fingerprint density at radius 2 is 2.05 bits per heavy atom. The molecule has 1 aromatic rings. The van der Waals surface area contributed by atoms with Gasteiger partial charge in [-0.3, -0.25) is 4.79 Å². The van der Waals surface area contributed by atoms with E-state index in [-0.39, 0.29) is 5.91 Å². The lowest BCUT2D eigenvalue weighted by atomic mass is 10.2. The molecule has 0 spiro atoms. The molecule has 6 nitrogen and oxygen atoms in total. The van der Waals surface area contributed by atoms with Gasteiger partial charge in [0.2, 0.25) is 0 Å². The van der Waals surface area contributed by atoms with E-state index >= 15 is 0 Å². The predicted molar refractivity (Wildman–Crippen MR) is 86.0 cm³/mol. The third-order valence-corrected chi connectivity index (χ3v) is 4.81. The highest BCUT2D eigenvalue weighted by molar-refractivity contribution is 7.18. The summed E-state index contributed by atoms with van der Waals surface area (Å²) in [6, 6.07) is 0. The quantitative estimate of drug-likeness (QED) is 0.898. The Bertz CT molecular complexity index is 470. The predicted octanol–water partition coefficient (Wildman–Crippen LogP) is 1.82. The zero-order chi connectivity index (χ0) is 15.2. The Hall–Kier alpha value is -1.34. The summed E-state index contributed by atoms with van der Waals surface area (Å²) >= 11 is 1.40. The van der Waals surface area contributed by atoms with Gasteiger partial charge in [-0.25, -0.2) is 4.98 Å². The molecule has 1 amide bonds. The van der Waals surface area contributed by atoms with Crippen LogP contribution in [0.1, 0.15) is 35.4 Å². The Kier molecular flexibility index (Phi) is 5.81. The minimum atomic E-state index is -0.0804. The number of hydrogen-bond donors (Lipinski definition) is 1. The van der Waals surface area contributed by atoms with E-state index in [1.807, 2.05) is 0 Å². The van der Waals surface area contributed by atoms with Gasteiger partial charge in [0.05, 0.1) is 6.61 Å². The molecule has 0 atom stereocenters. The van der Waals surface area contributed by atoms with Crippen molar-refractivity contribution < 1.29 is 9.53 Å². The monoisotopic (exact) mass is 312 g/mol. The highest BCUT2D eigenvalue weighted by atomic mass is 32.1. The number of likely N-dealkylation sites (N-methyl/N-ethyl adjacent to an activating group) is 1. The summed E-state index contributed by atoms with van der Waals surface area (Å²) < 4.78 is 5.00. The molecule has 7 heteroatoms. The summed E-state index contributed by atoms with van der Waals surface area (Å²) in [5, 5.41) is 0.873. The maximum absolute atomic E-state index is 12.4. The van der Waals surface area contributed by atoms with Crippen molar-refractivity contribution in [3.05, 3.63) is 4.88 Å². The summed E-state index contributed by atoms with van der Waals surface area (Å²) in [6.07, 6.45) is 4.89. The van der Waals surface area contributed by atoms with E-state index in [0.717, 1.165) is 18.2 Å². The first-order chi connectivity index (χ1) is 10.1. The number of anilines is 2. The number of nitrogens with zero attached hydrogens (tertiary/aromatic N) is 3. The number of carbonyl (C=O) groups is 1. The second kappa shape index (κ2) is 7.61. The minimum absolute atomic E-state index is 0.0804. The molecule has 2 N–H and O–H groups in total. The van der Waals surface area contributed by atoms with Gasteiger partial charge in [0, 0.05) is 33.8 Å². The van der Waals surface area contributed by atoms with Crippen molar-refractivity contribution in [1.29, 1.82) is 0 Å². The SMILES string of the molecule is COCCN(C)C(=O)c1sc(N2CCCCCC2)nc1N. The molecule has 0 radical (unpaired) electrons. The van der Waals surface area contributed by atoms with E-state index in [4.69, 9.17) is 10.5 Å². The first-order valence-electron chi connectivity index (χ1n) is 7.39. The van der Waals surface area contributed by atoms with Gasteiger partial charge in [-0.2, -0.15) is 0 Å². The molecule has 1 aliphatic rings. The maximum Gasteiger partial charge on any atom is 0.267 e. The van der Waals surface area contributed by atoms with Gasteiger partial charge in [0.15, 0.2) is 5.13 Å². The fraction of sp³-hybridized carbons (Fsp3) is 0.714. The van der Waals surface area contributed by atoms with E-state index < -0.39 is 0 Å². The van der Waals surface area contributed by atoms with Gasteiger partial charge < -0.3 is 20.3 Å². The molecule has 1 aromatic heterocycles. The Morgan fingerprint density at radius 3 is 2.67 bits per heavy atom. The standard InChI is InChI=1S/C14H24N4O2S/c1-17(9-10-20-2)13(19)11-12(15)16-14(21-11)18-7-5-3-4-6-8-18/h3-10,15H2,1-2H3. The molecule has 1 aliphatic heterocycles. The smallest absolute Gasteiger partial charge is 0.267 e. The number of hydrogen-bond acceptors (Lipinski definition) is 6. The number of aromatic nitrogens is 1. The third-order valence-electron chi connectivity index (χ3n) is 3.69. The molecular weight excluding hydrogens is 288 g/mol. The minimum Gasteiger partial charge on any atom is -0.383 e. The fourth-order valence-corrected chi connectivity index (χ4v) is 3.41. The van der Waals surface area contributed by atoms with E-state index in [9.17, 15) is 4.79 Å². The number of thiazole rings is 1. The van der Waals surface area contributed by atoms with Gasteiger partial charge in [0.1, 0.15) is 10.7 Å². The second-order valence-corrected chi connectivity index (χ2v) is 6.31. The molecule has 1 saturated heterocycles. The van der Waals surface area contributed by atoms with Crippen LogP contribution in [-0.2, 0) is 4.74 Å². The van der Waals surface area contributed by atoms with Crippen molar-refractivity contribution in [2.75, 3.05) is 51.0 Å². The molecule has 0 unspecified atom stereocenters. The lowest BCUT2D eigenvalue weighted by Gasteiger charge is -2.18. The maximum atomic E-state index is 12.4. The molecule has 0 aliphatic carbocycles. The van der Waals surface area contributed by atoms with Crippen LogP contribution >= 0.6 is 11.3 Å². The molecule has 2 rings (SSSR count). The molecular formula is C14H24N4O2S. The summed E-state index contributed by atoms with van der Waals surface area (Å²) in [4.78, 5) is 21.2. The lowest BCUT2D eigenvalue weighted by molar-refractivity contribution is 0.0749. The van der Waals surface area contributed by atoms with Crippen molar-refractivity contribution in [3.8, 4) is 0 Å². The zero-order valence-corrected chi connectivity index (χ0v) is 13.6. The number of nitrogen functional groups attached to an aromatic ring is 1. The zero-order valence-electron chi connectivity index (χ0n) is 12.8. The first kappa shape index (κ1) is 16.0. The van der Waals surface area contributed by atoms with Gasteiger partial charge in [-0.15, -0.1) is 0 Å². The van der Waals surface area contributed by atoms with Gasteiger partial charge >= 0.3 is 0 Å². The molecule has 1 fully saturated rings. The summed E-state index contributed by atoms with van der Waals surface area (Å²) in [6.45, 7) is 3.06. The number of carbonyl (C=O) groups excluding carboxylic acids is 1. The van der Waals surface area contributed by atoms with Crippen molar-refractivity contribution in [2.45, 2.75) is 25.7 Å².